The van der Waals surface area contributed by atoms with Gasteiger partial charge in [0.25, 0.3) is 0 Å². The van der Waals surface area contributed by atoms with Crippen LogP contribution in [0.2, 0.25) is 0 Å². The monoisotopic (exact) mass is 359 g/mol. The molecule has 1 amide bonds. The Morgan fingerprint density at radius 1 is 1.28 bits per heavy atom. The van der Waals surface area contributed by atoms with Crippen molar-refractivity contribution in [3.05, 3.63) is 65.2 Å². The summed E-state index contributed by atoms with van der Waals surface area (Å²) in [6.45, 7) is 2.09. The highest BCUT2D eigenvalue weighted by atomic mass is 32.2. The van der Waals surface area contributed by atoms with Crippen molar-refractivity contribution in [2.75, 3.05) is 11.9 Å². The molecule has 1 atom stereocenters. The molecule has 0 saturated carbocycles. The number of fused-ring (bicyclic) bond motifs is 2. The molecule has 2 heterocycles. The third-order valence-electron chi connectivity index (χ3n) is 4.38. The highest BCUT2D eigenvalue weighted by Gasteiger charge is 2.50. The Hall–Kier alpha value is -2.41. The number of carbonyl (C=O) groups excluding carboxylic acids is 1. The molecule has 0 aliphatic carbocycles. The highest BCUT2D eigenvalue weighted by molar-refractivity contribution is 8.15. The molecule has 2 aliphatic heterocycles. The van der Waals surface area contributed by atoms with Gasteiger partial charge in [-0.15, -0.1) is 0 Å². The van der Waals surface area contributed by atoms with Gasteiger partial charge in [-0.2, -0.15) is 5.10 Å². The Morgan fingerprint density at radius 3 is 2.88 bits per heavy atom. The molecule has 4 nitrogen and oxygen atoms in total. The Kier molecular flexibility index (Phi) is 3.76. The largest absolute Gasteiger partial charge is 0.385 e. The predicted molar refractivity (Wildman–Crippen MR) is 94.2 cm³/mol. The van der Waals surface area contributed by atoms with E-state index in [1.807, 2.05) is 24.3 Å². The standard InChI is InChI=1S/C18H15F2N3OS/c1-11(24)23-18(8-9-21-16-5-3-2-4-14(16)18)25-17(22-23)13-10-12(19)6-7-15(13)20/h2-7,10,21H,8-9H2,1H3/t18-/m0/s1. The van der Waals surface area contributed by atoms with Crippen molar-refractivity contribution in [3.63, 3.8) is 0 Å². The number of hydrazone groups is 1. The summed E-state index contributed by atoms with van der Waals surface area (Å²) in [7, 11) is 0. The van der Waals surface area contributed by atoms with Crippen LogP contribution in [0.15, 0.2) is 47.6 Å². The quantitative estimate of drug-likeness (QED) is 0.840. The zero-order valence-electron chi connectivity index (χ0n) is 13.4. The minimum Gasteiger partial charge on any atom is -0.385 e. The van der Waals surface area contributed by atoms with Crippen molar-refractivity contribution in [2.45, 2.75) is 18.2 Å². The molecule has 4 rings (SSSR count). The summed E-state index contributed by atoms with van der Waals surface area (Å²) in [6.07, 6.45) is 0.609. The van der Waals surface area contributed by atoms with Crippen LogP contribution in [0.4, 0.5) is 14.5 Å². The van der Waals surface area contributed by atoms with E-state index in [-0.39, 0.29) is 11.5 Å². The van der Waals surface area contributed by atoms with Crippen molar-refractivity contribution in [2.24, 2.45) is 5.10 Å². The van der Waals surface area contributed by atoms with E-state index in [0.717, 1.165) is 29.4 Å². The van der Waals surface area contributed by atoms with Crippen LogP contribution in [0.1, 0.15) is 24.5 Å². The van der Waals surface area contributed by atoms with Gasteiger partial charge < -0.3 is 5.32 Å². The lowest BCUT2D eigenvalue weighted by Gasteiger charge is -2.39. The van der Waals surface area contributed by atoms with Crippen molar-refractivity contribution >= 4 is 28.4 Å². The van der Waals surface area contributed by atoms with E-state index in [2.05, 4.69) is 10.4 Å². The predicted octanol–water partition coefficient (Wildman–Crippen LogP) is 3.89. The summed E-state index contributed by atoms with van der Waals surface area (Å²) in [5, 5.41) is 9.39. The first kappa shape index (κ1) is 16.1. The number of nitrogens with zero attached hydrogens (tertiary/aromatic N) is 2. The third-order valence-corrected chi connectivity index (χ3v) is 5.81. The molecule has 2 aliphatic rings. The van der Waals surface area contributed by atoms with Crippen molar-refractivity contribution in [3.8, 4) is 0 Å². The molecule has 7 heteroatoms. The number of hydrogen-bond donors (Lipinski definition) is 1. The maximum absolute atomic E-state index is 14.2. The molecule has 0 fully saturated rings. The fraction of sp³-hybridized carbons (Fsp3) is 0.222. The average molecular weight is 359 g/mol. The van der Waals surface area contributed by atoms with Crippen molar-refractivity contribution in [1.29, 1.82) is 0 Å². The van der Waals surface area contributed by atoms with E-state index in [9.17, 15) is 13.6 Å². The zero-order valence-corrected chi connectivity index (χ0v) is 14.2. The molecular weight excluding hydrogens is 344 g/mol. The molecule has 0 radical (unpaired) electrons. The molecule has 0 unspecified atom stereocenters. The molecule has 128 valence electrons. The zero-order chi connectivity index (χ0) is 17.6. The van der Waals surface area contributed by atoms with Gasteiger partial charge >= 0.3 is 0 Å². The Labute approximate surface area is 147 Å². The number of para-hydroxylation sites is 1. The molecule has 0 saturated heterocycles. The number of halogens is 2. The van der Waals surface area contributed by atoms with Gasteiger partial charge in [0.15, 0.2) is 0 Å². The normalized spacial score (nSPS) is 21.7. The lowest BCUT2D eigenvalue weighted by atomic mass is 9.96. The van der Waals surface area contributed by atoms with E-state index in [1.165, 1.54) is 23.7 Å². The average Bonchev–Trinajstić information content (AvgIpc) is 2.98. The van der Waals surface area contributed by atoms with Crippen molar-refractivity contribution < 1.29 is 13.6 Å². The van der Waals surface area contributed by atoms with Crippen LogP contribution in [0.25, 0.3) is 0 Å². The lowest BCUT2D eigenvalue weighted by Crippen LogP contribution is -2.44. The fourth-order valence-corrected chi connectivity index (χ4v) is 4.75. The summed E-state index contributed by atoms with van der Waals surface area (Å²) in [6, 6.07) is 10.9. The summed E-state index contributed by atoms with van der Waals surface area (Å²) >= 11 is 1.30. The molecule has 25 heavy (non-hydrogen) atoms. The summed E-state index contributed by atoms with van der Waals surface area (Å²) in [4.78, 5) is 11.5. The first-order valence-electron chi connectivity index (χ1n) is 7.88. The molecule has 0 aromatic heterocycles. The Morgan fingerprint density at radius 2 is 2.08 bits per heavy atom. The fourth-order valence-electron chi connectivity index (χ4n) is 3.30. The van der Waals surface area contributed by atoms with Crippen LogP contribution in [0.5, 0.6) is 0 Å². The van der Waals surface area contributed by atoms with Crippen LogP contribution in [0, 0.1) is 11.6 Å². The lowest BCUT2D eigenvalue weighted by molar-refractivity contribution is -0.132. The van der Waals surface area contributed by atoms with E-state index in [1.54, 1.807) is 0 Å². The number of nitrogens with one attached hydrogen (secondary N) is 1. The number of thioether (sulfide) groups is 1. The van der Waals surface area contributed by atoms with Gasteiger partial charge in [-0.3, -0.25) is 4.79 Å². The van der Waals surface area contributed by atoms with Gasteiger partial charge in [0.2, 0.25) is 5.91 Å². The minimum atomic E-state index is -0.748. The minimum absolute atomic E-state index is 0.0733. The summed E-state index contributed by atoms with van der Waals surface area (Å²) in [5.41, 5.74) is 1.91. The second-order valence-electron chi connectivity index (χ2n) is 5.97. The Bertz CT molecular complexity index is 902. The van der Waals surface area contributed by atoms with Gasteiger partial charge in [-0.05, 0) is 24.3 Å². The highest BCUT2D eigenvalue weighted by Crippen LogP contribution is 2.53. The molecular formula is C18H15F2N3OS. The van der Waals surface area contributed by atoms with Crippen LogP contribution >= 0.6 is 11.8 Å². The second-order valence-corrected chi connectivity index (χ2v) is 7.24. The summed E-state index contributed by atoms with van der Waals surface area (Å²) < 4.78 is 27.8. The smallest absolute Gasteiger partial charge is 0.241 e. The number of amides is 1. The molecule has 1 spiro atoms. The summed E-state index contributed by atoms with van der Waals surface area (Å²) in [5.74, 6) is -1.34. The van der Waals surface area contributed by atoms with Crippen LogP contribution in [-0.2, 0) is 9.67 Å². The van der Waals surface area contributed by atoms with E-state index in [4.69, 9.17) is 0 Å². The van der Waals surface area contributed by atoms with Gasteiger partial charge in [-0.25, -0.2) is 13.8 Å². The van der Waals surface area contributed by atoms with Gasteiger partial charge in [0.1, 0.15) is 21.5 Å². The second kappa shape index (κ2) is 5.84. The first-order valence-corrected chi connectivity index (χ1v) is 8.70. The number of anilines is 1. The molecule has 1 N–H and O–H groups in total. The first-order chi connectivity index (χ1) is 12.0. The van der Waals surface area contributed by atoms with Gasteiger partial charge in [0, 0.05) is 36.7 Å². The van der Waals surface area contributed by atoms with E-state index >= 15 is 0 Å². The van der Waals surface area contributed by atoms with Gasteiger partial charge in [0.05, 0.1) is 0 Å². The topological polar surface area (TPSA) is 44.7 Å². The number of benzene rings is 2. The van der Waals surface area contributed by atoms with E-state index < -0.39 is 16.5 Å². The molecule has 0 bridgehead atoms. The van der Waals surface area contributed by atoms with Crippen LogP contribution in [-0.4, -0.2) is 22.5 Å². The SMILES string of the molecule is CC(=O)N1N=C(c2cc(F)ccc2F)S[C@]12CCNc1ccccc12. The van der Waals surface area contributed by atoms with Crippen molar-refractivity contribution in [1.82, 2.24) is 5.01 Å². The third kappa shape index (κ3) is 2.50. The van der Waals surface area contributed by atoms with Crippen LogP contribution < -0.4 is 5.32 Å². The Balaban J connectivity index is 1.85. The molecule has 2 aromatic rings. The number of rotatable bonds is 1. The van der Waals surface area contributed by atoms with Gasteiger partial charge in [-0.1, -0.05) is 30.0 Å². The number of carbonyl (C=O) groups is 1. The maximum Gasteiger partial charge on any atom is 0.241 e. The molecule has 2 aromatic carbocycles. The van der Waals surface area contributed by atoms with E-state index in [0.29, 0.717) is 18.0 Å². The number of hydrogen-bond acceptors (Lipinski definition) is 4. The van der Waals surface area contributed by atoms with Crippen LogP contribution in [0.3, 0.4) is 0 Å². The maximum atomic E-state index is 14.2.